The predicted molar refractivity (Wildman–Crippen MR) is 70.3 cm³/mol. The number of nitrogens with zero attached hydrogens (tertiary/aromatic N) is 1. The van der Waals surface area contributed by atoms with Crippen LogP contribution >= 0.6 is 0 Å². The zero-order valence-electron chi connectivity index (χ0n) is 11.4. The van der Waals surface area contributed by atoms with Crippen LogP contribution in [0.1, 0.15) is 24.2 Å². The van der Waals surface area contributed by atoms with Gasteiger partial charge in [-0.15, -0.1) is 0 Å². The number of esters is 1. The highest BCUT2D eigenvalue weighted by Crippen LogP contribution is 2.32. The van der Waals surface area contributed by atoms with E-state index in [1.54, 1.807) is 13.8 Å². The van der Waals surface area contributed by atoms with Crippen LogP contribution in [0.15, 0.2) is 18.2 Å². The smallest absolute Gasteiger partial charge is 0.341 e. The fourth-order valence-electron chi connectivity index (χ4n) is 2.13. The highest BCUT2D eigenvalue weighted by Gasteiger charge is 2.43. The average Bonchev–Trinajstić information content (AvgIpc) is 2.63. The molecule has 1 aromatic carbocycles. The molecule has 1 heterocycles. The number of phenols is 1. The Morgan fingerprint density at radius 1 is 1.20 bits per heavy atom. The van der Waals surface area contributed by atoms with Gasteiger partial charge in [0.1, 0.15) is 11.3 Å². The molecule has 0 aromatic heterocycles. The summed E-state index contributed by atoms with van der Waals surface area (Å²) in [4.78, 5) is 36.7. The monoisotopic (exact) mass is 277 g/mol. The first-order valence-electron chi connectivity index (χ1n) is 6.17. The van der Waals surface area contributed by atoms with Gasteiger partial charge in [0.05, 0.1) is 12.8 Å². The van der Waals surface area contributed by atoms with E-state index in [9.17, 15) is 19.5 Å². The molecule has 20 heavy (non-hydrogen) atoms. The highest BCUT2D eigenvalue weighted by atomic mass is 16.5. The van der Waals surface area contributed by atoms with Gasteiger partial charge >= 0.3 is 5.97 Å². The molecule has 2 rings (SSSR count). The Morgan fingerprint density at radius 3 is 2.25 bits per heavy atom. The highest BCUT2D eigenvalue weighted by molar-refractivity contribution is 6.22. The maximum Gasteiger partial charge on any atom is 0.341 e. The summed E-state index contributed by atoms with van der Waals surface area (Å²) in [6.45, 7) is 3.37. The van der Waals surface area contributed by atoms with E-state index < -0.39 is 17.8 Å². The third kappa shape index (κ3) is 2.03. The number of amides is 2. The molecule has 1 N–H and O–H groups in total. The Bertz CT molecular complexity index is 575. The van der Waals surface area contributed by atoms with Crippen molar-refractivity contribution in [1.29, 1.82) is 0 Å². The van der Waals surface area contributed by atoms with E-state index in [1.165, 1.54) is 25.3 Å². The lowest BCUT2D eigenvalue weighted by atomic mass is 10.00. The Morgan fingerprint density at radius 2 is 1.75 bits per heavy atom. The molecule has 1 aromatic rings. The Hall–Kier alpha value is -2.37. The van der Waals surface area contributed by atoms with Crippen LogP contribution in [0, 0.1) is 11.8 Å². The Labute approximate surface area is 115 Å². The van der Waals surface area contributed by atoms with Gasteiger partial charge in [0.2, 0.25) is 11.8 Å². The van der Waals surface area contributed by atoms with Crippen LogP contribution in [0.5, 0.6) is 5.75 Å². The fourth-order valence-corrected chi connectivity index (χ4v) is 2.13. The van der Waals surface area contributed by atoms with E-state index in [1.807, 2.05) is 0 Å². The van der Waals surface area contributed by atoms with Gasteiger partial charge in [-0.2, -0.15) is 0 Å². The van der Waals surface area contributed by atoms with E-state index >= 15 is 0 Å². The van der Waals surface area contributed by atoms with Crippen molar-refractivity contribution in [3.8, 4) is 5.75 Å². The van der Waals surface area contributed by atoms with E-state index in [2.05, 4.69) is 4.74 Å². The minimum atomic E-state index is -0.732. The number of methoxy groups -OCH3 is 1. The third-order valence-corrected chi connectivity index (χ3v) is 3.61. The summed E-state index contributed by atoms with van der Waals surface area (Å²) in [5.41, 5.74) is 0.173. The molecule has 2 atom stereocenters. The van der Waals surface area contributed by atoms with Gasteiger partial charge in [0.15, 0.2) is 0 Å². The third-order valence-electron chi connectivity index (χ3n) is 3.61. The molecule has 106 valence electrons. The topological polar surface area (TPSA) is 83.9 Å². The number of imide groups is 1. The van der Waals surface area contributed by atoms with Crippen molar-refractivity contribution in [1.82, 2.24) is 0 Å². The molecule has 1 saturated heterocycles. The van der Waals surface area contributed by atoms with Crippen molar-refractivity contribution in [2.75, 3.05) is 12.0 Å². The summed E-state index contributed by atoms with van der Waals surface area (Å²) in [6, 6.07) is 3.96. The Balaban J connectivity index is 2.47. The molecule has 0 radical (unpaired) electrons. The van der Waals surface area contributed by atoms with Gasteiger partial charge in [-0.3, -0.25) is 14.5 Å². The molecule has 6 heteroatoms. The van der Waals surface area contributed by atoms with Crippen LogP contribution in [0.3, 0.4) is 0 Å². The molecule has 6 nitrogen and oxygen atoms in total. The summed E-state index contributed by atoms with van der Waals surface area (Å²) in [7, 11) is 1.19. The van der Waals surface area contributed by atoms with E-state index in [4.69, 9.17) is 0 Å². The molecule has 1 fully saturated rings. The first kappa shape index (κ1) is 14.0. The molecule has 1 aliphatic rings. The Kier molecular flexibility index (Phi) is 3.48. The molecule has 2 amide bonds. The maximum absolute atomic E-state index is 12.1. The minimum Gasteiger partial charge on any atom is -0.507 e. The quantitative estimate of drug-likeness (QED) is 0.651. The van der Waals surface area contributed by atoms with Crippen LogP contribution in [0.2, 0.25) is 0 Å². The maximum atomic E-state index is 12.1. The lowest BCUT2D eigenvalue weighted by Gasteiger charge is -2.15. The van der Waals surface area contributed by atoms with Gasteiger partial charge in [-0.25, -0.2) is 4.79 Å². The van der Waals surface area contributed by atoms with E-state index in [0.29, 0.717) is 0 Å². The van der Waals surface area contributed by atoms with E-state index in [-0.39, 0.29) is 28.8 Å². The average molecular weight is 277 g/mol. The van der Waals surface area contributed by atoms with Crippen LogP contribution in [0.4, 0.5) is 5.69 Å². The molecule has 2 unspecified atom stereocenters. The number of anilines is 1. The van der Waals surface area contributed by atoms with Crippen LogP contribution in [-0.4, -0.2) is 30.0 Å². The standard InChI is InChI=1S/C14H15NO5/c1-7-8(2)13(18)15(12(7)17)9-4-5-11(16)10(6-9)14(19)20-3/h4-8,16H,1-3H3. The fraction of sp³-hybridized carbons (Fsp3) is 0.357. The number of ether oxygens (including phenoxy) is 1. The SMILES string of the molecule is COC(=O)c1cc(N2C(=O)C(C)C(C)C2=O)ccc1O. The van der Waals surface area contributed by atoms with Crippen molar-refractivity contribution >= 4 is 23.5 Å². The minimum absolute atomic E-state index is 0.0854. The molecule has 0 aliphatic carbocycles. The van der Waals surface area contributed by atoms with Gasteiger partial charge in [-0.05, 0) is 18.2 Å². The van der Waals surface area contributed by atoms with Crippen LogP contribution in [-0.2, 0) is 14.3 Å². The lowest BCUT2D eigenvalue weighted by Crippen LogP contribution is -2.30. The second-order valence-corrected chi connectivity index (χ2v) is 4.78. The zero-order valence-corrected chi connectivity index (χ0v) is 11.4. The summed E-state index contributed by atoms with van der Waals surface area (Å²) >= 11 is 0. The van der Waals surface area contributed by atoms with Gasteiger partial charge in [-0.1, -0.05) is 13.8 Å². The predicted octanol–water partition coefficient (Wildman–Crippen LogP) is 1.32. The number of carbonyl (C=O) groups is 3. The van der Waals surface area contributed by atoms with Gasteiger partial charge in [0, 0.05) is 11.8 Å². The second-order valence-electron chi connectivity index (χ2n) is 4.78. The van der Waals surface area contributed by atoms with Crippen molar-refractivity contribution in [3.05, 3.63) is 23.8 Å². The number of hydrogen-bond donors (Lipinski definition) is 1. The molecule has 1 aliphatic heterocycles. The normalized spacial score (nSPS) is 22.2. The molecular formula is C14H15NO5. The van der Waals surface area contributed by atoms with Crippen LogP contribution < -0.4 is 4.90 Å². The second kappa shape index (κ2) is 4.96. The molecule has 0 spiro atoms. The van der Waals surface area contributed by atoms with Crippen molar-refractivity contribution in [2.24, 2.45) is 11.8 Å². The summed E-state index contributed by atoms with van der Waals surface area (Å²) in [5, 5.41) is 9.63. The molecule has 0 saturated carbocycles. The number of benzene rings is 1. The lowest BCUT2D eigenvalue weighted by molar-refractivity contribution is -0.122. The summed E-state index contributed by atoms with van der Waals surface area (Å²) in [6.07, 6.45) is 0. The zero-order chi connectivity index (χ0) is 15.0. The number of carbonyl (C=O) groups excluding carboxylic acids is 3. The van der Waals surface area contributed by atoms with Crippen molar-refractivity contribution in [3.63, 3.8) is 0 Å². The number of hydrogen-bond acceptors (Lipinski definition) is 5. The molecular weight excluding hydrogens is 262 g/mol. The number of rotatable bonds is 2. The first-order chi connectivity index (χ1) is 9.38. The molecule has 0 bridgehead atoms. The van der Waals surface area contributed by atoms with Crippen molar-refractivity contribution in [2.45, 2.75) is 13.8 Å². The summed E-state index contributed by atoms with van der Waals surface area (Å²) < 4.78 is 4.54. The van der Waals surface area contributed by atoms with Gasteiger partial charge < -0.3 is 9.84 Å². The largest absolute Gasteiger partial charge is 0.507 e. The summed E-state index contributed by atoms with van der Waals surface area (Å²) in [5.74, 6) is -2.44. The number of aromatic hydroxyl groups is 1. The van der Waals surface area contributed by atoms with Crippen molar-refractivity contribution < 1.29 is 24.2 Å². The first-order valence-corrected chi connectivity index (χ1v) is 6.17. The van der Waals surface area contributed by atoms with Crippen LogP contribution in [0.25, 0.3) is 0 Å². The van der Waals surface area contributed by atoms with Gasteiger partial charge in [0.25, 0.3) is 0 Å². The number of phenolic OH excluding ortho intramolecular Hbond substituents is 1. The van der Waals surface area contributed by atoms with E-state index in [0.717, 1.165) is 4.90 Å².